The highest BCUT2D eigenvalue weighted by molar-refractivity contribution is 5.99. The molecule has 94 valence electrons. The predicted octanol–water partition coefficient (Wildman–Crippen LogP) is 3.92. The van der Waals surface area contributed by atoms with Gasteiger partial charge in [-0.25, -0.2) is 8.78 Å². The monoisotopic (exact) mass is 249 g/mol. The fraction of sp³-hybridized carbons (Fsp3) is 0.357. The van der Waals surface area contributed by atoms with E-state index in [-0.39, 0.29) is 11.4 Å². The van der Waals surface area contributed by atoms with Gasteiger partial charge in [0.05, 0.1) is 5.52 Å². The van der Waals surface area contributed by atoms with Crippen LogP contribution in [0.25, 0.3) is 10.9 Å². The number of carbonyl (C=O) groups is 1. The summed E-state index contributed by atoms with van der Waals surface area (Å²) in [6.45, 7) is 0. The van der Waals surface area contributed by atoms with Crippen LogP contribution < -0.4 is 0 Å². The van der Waals surface area contributed by atoms with Gasteiger partial charge < -0.3 is 4.98 Å². The second-order valence-electron chi connectivity index (χ2n) is 4.86. The Kier molecular flexibility index (Phi) is 2.65. The second-order valence-corrected chi connectivity index (χ2v) is 4.86. The fourth-order valence-electron chi connectivity index (χ4n) is 2.92. The second kappa shape index (κ2) is 4.19. The van der Waals surface area contributed by atoms with E-state index in [4.69, 9.17) is 0 Å². The van der Waals surface area contributed by atoms with Crippen molar-refractivity contribution in [2.75, 3.05) is 0 Å². The molecule has 0 bridgehead atoms. The van der Waals surface area contributed by atoms with Crippen LogP contribution in [0.4, 0.5) is 8.78 Å². The Morgan fingerprint density at radius 3 is 2.61 bits per heavy atom. The molecule has 18 heavy (non-hydrogen) atoms. The highest BCUT2D eigenvalue weighted by Crippen LogP contribution is 2.37. The first-order valence-corrected chi connectivity index (χ1v) is 6.16. The topological polar surface area (TPSA) is 32.9 Å². The molecule has 2 nitrogen and oxygen atoms in total. The van der Waals surface area contributed by atoms with Crippen LogP contribution >= 0.6 is 0 Å². The van der Waals surface area contributed by atoms with Crippen molar-refractivity contribution in [3.05, 3.63) is 35.0 Å². The van der Waals surface area contributed by atoms with Gasteiger partial charge in [-0.15, -0.1) is 0 Å². The Bertz CT molecular complexity index is 612. The Hall–Kier alpha value is -1.71. The average Bonchev–Trinajstić information content (AvgIpc) is 2.93. The molecule has 0 atom stereocenters. The van der Waals surface area contributed by atoms with E-state index in [9.17, 15) is 13.6 Å². The van der Waals surface area contributed by atoms with Crippen LogP contribution in [0.1, 0.15) is 47.7 Å². The Morgan fingerprint density at radius 2 is 1.94 bits per heavy atom. The lowest BCUT2D eigenvalue weighted by molar-refractivity contribution is 0.112. The maximum absolute atomic E-state index is 13.7. The third-order valence-corrected chi connectivity index (χ3v) is 3.78. The summed E-state index contributed by atoms with van der Waals surface area (Å²) in [4.78, 5) is 14.2. The van der Waals surface area contributed by atoms with Gasteiger partial charge in [-0.3, -0.25) is 4.79 Å². The van der Waals surface area contributed by atoms with Gasteiger partial charge in [-0.1, -0.05) is 12.8 Å². The van der Waals surface area contributed by atoms with Crippen LogP contribution in [-0.2, 0) is 0 Å². The number of halogens is 2. The van der Waals surface area contributed by atoms with Crippen molar-refractivity contribution >= 4 is 17.2 Å². The molecular weight excluding hydrogens is 236 g/mol. The largest absolute Gasteiger partial charge is 0.355 e. The molecule has 2 aromatic rings. The van der Waals surface area contributed by atoms with Gasteiger partial charge in [0.25, 0.3) is 0 Å². The Labute approximate surface area is 103 Å². The Balaban J connectivity index is 2.25. The molecule has 1 aliphatic carbocycles. The van der Waals surface area contributed by atoms with E-state index in [1.54, 1.807) is 0 Å². The minimum absolute atomic E-state index is 0.236. The highest BCUT2D eigenvalue weighted by Gasteiger charge is 2.24. The van der Waals surface area contributed by atoms with Crippen LogP contribution in [0.5, 0.6) is 0 Å². The number of hydrogen-bond acceptors (Lipinski definition) is 1. The van der Waals surface area contributed by atoms with Crippen molar-refractivity contribution in [3.63, 3.8) is 0 Å². The van der Waals surface area contributed by atoms with Crippen molar-refractivity contribution < 1.29 is 13.6 Å². The predicted molar refractivity (Wildman–Crippen MR) is 64.8 cm³/mol. The first-order valence-electron chi connectivity index (χ1n) is 6.16. The van der Waals surface area contributed by atoms with Gasteiger partial charge in [0.1, 0.15) is 11.6 Å². The number of aromatic nitrogens is 1. The molecule has 0 aliphatic heterocycles. The van der Waals surface area contributed by atoms with Crippen molar-refractivity contribution in [1.82, 2.24) is 4.98 Å². The van der Waals surface area contributed by atoms with E-state index in [0.29, 0.717) is 17.2 Å². The molecule has 1 aromatic heterocycles. The summed E-state index contributed by atoms with van der Waals surface area (Å²) >= 11 is 0. The van der Waals surface area contributed by atoms with Crippen LogP contribution in [0.2, 0.25) is 0 Å². The molecule has 1 N–H and O–H groups in total. The van der Waals surface area contributed by atoms with Gasteiger partial charge in [0, 0.05) is 22.7 Å². The molecule has 1 aromatic carbocycles. The summed E-state index contributed by atoms with van der Waals surface area (Å²) in [5.74, 6) is -1.03. The average molecular weight is 249 g/mol. The zero-order valence-electron chi connectivity index (χ0n) is 9.80. The molecule has 4 heteroatoms. The molecule has 1 fully saturated rings. The number of fused-ring (bicyclic) bond motifs is 1. The normalized spacial score (nSPS) is 16.6. The van der Waals surface area contributed by atoms with Gasteiger partial charge in [0.15, 0.2) is 6.29 Å². The molecule has 0 unspecified atom stereocenters. The third-order valence-electron chi connectivity index (χ3n) is 3.78. The lowest BCUT2D eigenvalue weighted by atomic mass is 9.99. The van der Waals surface area contributed by atoms with Gasteiger partial charge >= 0.3 is 0 Å². The molecule has 0 spiro atoms. The van der Waals surface area contributed by atoms with Crippen LogP contribution in [0.15, 0.2) is 12.1 Å². The summed E-state index contributed by atoms with van der Waals surface area (Å²) in [6.07, 6.45) is 4.94. The van der Waals surface area contributed by atoms with Crippen LogP contribution in [0.3, 0.4) is 0 Å². The third kappa shape index (κ3) is 1.64. The van der Waals surface area contributed by atoms with E-state index < -0.39 is 11.6 Å². The van der Waals surface area contributed by atoms with Crippen molar-refractivity contribution in [2.45, 2.75) is 31.6 Å². The van der Waals surface area contributed by atoms with Crippen molar-refractivity contribution in [1.29, 1.82) is 0 Å². The van der Waals surface area contributed by atoms with E-state index in [2.05, 4.69) is 4.98 Å². The molecule has 1 heterocycles. The maximum Gasteiger partial charge on any atom is 0.152 e. The Morgan fingerprint density at radius 1 is 1.22 bits per heavy atom. The summed E-state index contributed by atoms with van der Waals surface area (Å²) in [6, 6.07) is 2.06. The fourth-order valence-corrected chi connectivity index (χ4v) is 2.92. The zero-order chi connectivity index (χ0) is 12.7. The molecule has 0 saturated heterocycles. The minimum atomic E-state index is -0.653. The number of aromatic amines is 1. The molecule has 1 saturated carbocycles. The number of aldehydes is 1. The number of H-pyrrole nitrogens is 1. The lowest BCUT2D eigenvalue weighted by Crippen LogP contribution is -1.96. The molecular formula is C14H13F2NO. The molecule has 0 amide bonds. The van der Waals surface area contributed by atoms with Crippen LogP contribution in [0, 0.1) is 11.6 Å². The van der Waals surface area contributed by atoms with Gasteiger partial charge in [-0.05, 0) is 24.8 Å². The zero-order valence-corrected chi connectivity index (χ0v) is 9.80. The number of hydrogen-bond donors (Lipinski definition) is 1. The number of benzene rings is 1. The number of carbonyl (C=O) groups excluding carboxylic acids is 1. The molecule has 1 aliphatic rings. The van der Waals surface area contributed by atoms with Crippen molar-refractivity contribution in [2.24, 2.45) is 0 Å². The van der Waals surface area contributed by atoms with E-state index in [1.165, 1.54) is 6.07 Å². The van der Waals surface area contributed by atoms with E-state index in [1.807, 2.05) is 0 Å². The smallest absolute Gasteiger partial charge is 0.152 e. The molecule has 3 rings (SSSR count). The molecule has 0 radical (unpaired) electrons. The van der Waals surface area contributed by atoms with E-state index in [0.717, 1.165) is 37.4 Å². The summed E-state index contributed by atoms with van der Waals surface area (Å²) < 4.78 is 26.9. The number of nitrogens with one attached hydrogen (secondary N) is 1. The highest BCUT2D eigenvalue weighted by atomic mass is 19.1. The standard InChI is InChI=1S/C14H13F2NO/c15-9-5-10-11(7-18)13(8-3-1-2-4-8)17-14(10)12(16)6-9/h5-8,17H,1-4H2. The van der Waals surface area contributed by atoms with Gasteiger partial charge in [0.2, 0.25) is 0 Å². The van der Waals surface area contributed by atoms with Crippen molar-refractivity contribution in [3.8, 4) is 0 Å². The quantitative estimate of drug-likeness (QED) is 0.804. The summed E-state index contributed by atoms with van der Waals surface area (Å²) in [5, 5.41) is 0.351. The SMILES string of the molecule is O=Cc1c(C2CCCC2)[nH]c2c(F)cc(F)cc12. The van der Waals surface area contributed by atoms with E-state index >= 15 is 0 Å². The van der Waals surface area contributed by atoms with Gasteiger partial charge in [-0.2, -0.15) is 0 Å². The maximum atomic E-state index is 13.7. The first kappa shape index (κ1) is 11.4. The number of rotatable bonds is 2. The minimum Gasteiger partial charge on any atom is -0.355 e. The van der Waals surface area contributed by atoms with Crippen LogP contribution in [-0.4, -0.2) is 11.3 Å². The lowest BCUT2D eigenvalue weighted by Gasteiger charge is -2.07. The summed E-state index contributed by atoms with van der Waals surface area (Å²) in [7, 11) is 0. The first-order chi connectivity index (χ1) is 8.70. The summed E-state index contributed by atoms with van der Waals surface area (Å²) in [5.41, 5.74) is 1.41.